The molecule has 2 aliphatic heterocycles. The Morgan fingerprint density at radius 3 is 3.12 bits per heavy atom. The monoisotopic (exact) mass is 217 g/mol. The molecule has 0 spiro atoms. The van der Waals surface area contributed by atoms with Crippen LogP contribution in [0, 0.1) is 5.92 Å². The molecule has 2 aliphatic rings. The number of rotatable bonds is 2. The highest BCUT2D eigenvalue weighted by molar-refractivity contribution is 5.27. The standard InChI is InChI=1S/C13H19N3/c1-9(2)7-16-10-3-4-13(16)11-6-14-8-15-12(11)5-10/h6,8-10,13H,3-5,7H2,1-2H3. The van der Waals surface area contributed by atoms with Crippen LogP contribution in [0.4, 0.5) is 0 Å². The number of aromatic nitrogens is 2. The van der Waals surface area contributed by atoms with Gasteiger partial charge in [-0.3, -0.25) is 4.90 Å². The highest BCUT2D eigenvalue weighted by atomic mass is 15.2. The molecule has 0 aromatic carbocycles. The Hall–Kier alpha value is -0.960. The molecule has 86 valence electrons. The van der Waals surface area contributed by atoms with E-state index in [-0.39, 0.29) is 0 Å². The Bertz CT molecular complexity index is 389. The van der Waals surface area contributed by atoms with Crippen molar-refractivity contribution in [2.45, 2.75) is 45.2 Å². The maximum Gasteiger partial charge on any atom is 0.115 e. The van der Waals surface area contributed by atoms with E-state index < -0.39 is 0 Å². The van der Waals surface area contributed by atoms with E-state index in [1.807, 2.05) is 6.20 Å². The van der Waals surface area contributed by atoms with Gasteiger partial charge < -0.3 is 0 Å². The maximum absolute atomic E-state index is 4.44. The summed E-state index contributed by atoms with van der Waals surface area (Å²) in [6, 6.07) is 1.33. The lowest BCUT2D eigenvalue weighted by Crippen LogP contribution is -2.40. The first-order valence-electron chi connectivity index (χ1n) is 6.30. The summed E-state index contributed by atoms with van der Waals surface area (Å²) in [5.41, 5.74) is 2.68. The lowest BCUT2D eigenvalue weighted by molar-refractivity contribution is 0.155. The molecule has 0 saturated carbocycles. The molecule has 0 aliphatic carbocycles. The number of hydrogen-bond donors (Lipinski definition) is 0. The Kier molecular flexibility index (Phi) is 2.43. The Morgan fingerprint density at radius 2 is 2.31 bits per heavy atom. The quantitative estimate of drug-likeness (QED) is 0.760. The fraction of sp³-hybridized carbons (Fsp3) is 0.692. The summed E-state index contributed by atoms with van der Waals surface area (Å²) in [7, 11) is 0. The van der Waals surface area contributed by atoms with Crippen molar-refractivity contribution in [3.8, 4) is 0 Å². The fourth-order valence-electron chi connectivity index (χ4n) is 3.23. The molecule has 2 atom stereocenters. The van der Waals surface area contributed by atoms with Gasteiger partial charge in [-0.25, -0.2) is 9.97 Å². The first-order chi connectivity index (χ1) is 7.75. The van der Waals surface area contributed by atoms with E-state index in [4.69, 9.17) is 0 Å². The largest absolute Gasteiger partial charge is 0.293 e. The third-order valence-corrected chi connectivity index (χ3v) is 3.83. The van der Waals surface area contributed by atoms with Gasteiger partial charge in [0.05, 0.1) is 5.69 Å². The molecule has 2 bridgehead atoms. The van der Waals surface area contributed by atoms with Crippen molar-refractivity contribution in [3.63, 3.8) is 0 Å². The Balaban J connectivity index is 1.93. The van der Waals surface area contributed by atoms with Gasteiger partial charge in [0, 0.05) is 36.8 Å². The van der Waals surface area contributed by atoms with Gasteiger partial charge >= 0.3 is 0 Å². The van der Waals surface area contributed by atoms with Crippen LogP contribution in [0.2, 0.25) is 0 Å². The summed E-state index contributed by atoms with van der Waals surface area (Å²) in [5.74, 6) is 0.745. The molecule has 0 amide bonds. The molecule has 1 aromatic heterocycles. The molecule has 2 unspecified atom stereocenters. The highest BCUT2D eigenvalue weighted by Gasteiger charge is 2.40. The van der Waals surface area contributed by atoms with E-state index in [2.05, 4.69) is 28.7 Å². The summed E-state index contributed by atoms with van der Waals surface area (Å²) in [6.45, 7) is 5.82. The smallest absolute Gasteiger partial charge is 0.115 e. The minimum absolute atomic E-state index is 0.595. The van der Waals surface area contributed by atoms with Gasteiger partial charge in [-0.2, -0.15) is 0 Å². The molecule has 1 saturated heterocycles. The highest BCUT2D eigenvalue weighted by Crippen LogP contribution is 2.42. The summed E-state index contributed by atoms with van der Waals surface area (Å²) in [4.78, 5) is 11.3. The third-order valence-electron chi connectivity index (χ3n) is 3.83. The molecule has 3 heterocycles. The molecule has 3 nitrogen and oxygen atoms in total. The third kappa shape index (κ3) is 1.54. The van der Waals surface area contributed by atoms with Crippen LogP contribution in [-0.2, 0) is 6.42 Å². The first kappa shape index (κ1) is 10.2. The van der Waals surface area contributed by atoms with Crippen molar-refractivity contribution in [1.82, 2.24) is 14.9 Å². The molecular formula is C13H19N3. The van der Waals surface area contributed by atoms with Gasteiger partial charge in [-0.1, -0.05) is 13.8 Å². The lowest BCUT2D eigenvalue weighted by Gasteiger charge is -2.36. The van der Waals surface area contributed by atoms with Crippen molar-refractivity contribution in [3.05, 3.63) is 23.8 Å². The minimum atomic E-state index is 0.595. The number of fused-ring (bicyclic) bond motifs is 4. The van der Waals surface area contributed by atoms with Crippen LogP contribution in [0.25, 0.3) is 0 Å². The van der Waals surface area contributed by atoms with E-state index in [9.17, 15) is 0 Å². The van der Waals surface area contributed by atoms with Crippen molar-refractivity contribution in [2.75, 3.05) is 6.54 Å². The molecule has 0 N–H and O–H groups in total. The maximum atomic E-state index is 4.44. The fourth-order valence-corrected chi connectivity index (χ4v) is 3.23. The summed E-state index contributed by atoms with van der Waals surface area (Å²) in [5, 5.41) is 0. The summed E-state index contributed by atoms with van der Waals surface area (Å²) < 4.78 is 0. The van der Waals surface area contributed by atoms with Crippen LogP contribution in [0.3, 0.4) is 0 Å². The molecule has 0 radical (unpaired) electrons. The Morgan fingerprint density at radius 1 is 1.44 bits per heavy atom. The van der Waals surface area contributed by atoms with Gasteiger partial charge in [0.25, 0.3) is 0 Å². The molecule has 1 fully saturated rings. The topological polar surface area (TPSA) is 29.0 Å². The average molecular weight is 217 g/mol. The van der Waals surface area contributed by atoms with Gasteiger partial charge in [-0.15, -0.1) is 0 Å². The second-order valence-electron chi connectivity index (χ2n) is 5.47. The molecular weight excluding hydrogens is 198 g/mol. The van der Waals surface area contributed by atoms with Crippen LogP contribution in [-0.4, -0.2) is 27.5 Å². The summed E-state index contributed by atoms with van der Waals surface area (Å²) in [6.07, 6.45) is 7.46. The van der Waals surface area contributed by atoms with Crippen molar-refractivity contribution in [2.24, 2.45) is 5.92 Å². The predicted molar refractivity (Wildman–Crippen MR) is 63.0 cm³/mol. The summed E-state index contributed by atoms with van der Waals surface area (Å²) >= 11 is 0. The van der Waals surface area contributed by atoms with Gasteiger partial charge in [0.2, 0.25) is 0 Å². The molecule has 1 aromatic rings. The van der Waals surface area contributed by atoms with Crippen molar-refractivity contribution < 1.29 is 0 Å². The zero-order valence-corrected chi connectivity index (χ0v) is 10.1. The zero-order chi connectivity index (χ0) is 11.1. The van der Waals surface area contributed by atoms with Crippen LogP contribution >= 0.6 is 0 Å². The molecule has 16 heavy (non-hydrogen) atoms. The van der Waals surface area contributed by atoms with Crippen molar-refractivity contribution in [1.29, 1.82) is 0 Å². The lowest BCUT2D eigenvalue weighted by atomic mass is 9.98. The number of nitrogens with zero attached hydrogens (tertiary/aromatic N) is 3. The average Bonchev–Trinajstić information content (AvgIpc) is 2.54. The van der Waals surface area contributed by atoms with Gasteiger partial charge in [-0.05, 0) is 18.8 Å². The first-order valence-corrected chi connectivity index (χ1v) is 6.30. The second-order valence-corrected chi connectivity index (χ2v) is 5.47. The van der Waals surface area contributed by atoms with Crippen LogP contribution < -0.4 is 0 Å². The van der Waals surface area contributed by atoms with E-state index in [0.717, 1.165) is 18.4 Å². The van der Waals surface area contributed by atoms with Crippen LogP contribution in [0.5, 0.6) is 0 Å². The van der Waals surface area contributed by atoms with Gasteiger partial charge in [0.1, 0.15) is 6.33 Å². The molecule has 3 heteroatoms. The van der Waals surface area contributed by atoms with Crippen molar-refractivity contribution >= 4 is 0 Å². The van der Waals surface area contributed by atoms with E-state index >= 15 is 0 Å². The van der Waals surface area contributed by atoms with Crippen LogP contribution in [0.15, 0.2) is 12.5 Å². The normalized spacial score (nSPS) is 28.4. The van der Waals surface area contributed by atoms with Crippen LogP contribution in [0.1, 0.15) is 44.0 Å². The second kappa shape index (κ2) is 3.81. The van der Waals surface area contributed by atoms with E-state index in [0.29, 0.717) is 6.04 Å². The van der Waals surface area contributed by atoms with E-state index in [1.165, 1.54) is 30.6 Å². The Labute approximate surface area is 96.9 Å². The SMILES string of the molecule is CC(C)CN1C2CCC1c1cncnc1C2. The molecule has 3 rings (SSSR count). The predicted octanol–water partition coefficient (Wildman–Crippen LogP) is 2.19. The number of hydrogen-bond acceptors (Lipinski definition) is 3. The minimum Gasteiger partial charge on any atom is -0.293 e. The van der Waals surface area contributed by atoms with E-state index in [1.54, 1.807) is 6.33 Å². The van der Waals surface area contributed by atoms with Gasteiger partial charge in [0.15, 0.2) is 0 Å². The zero-order valence-electron chi connectivity index (χ0n) is 10.1.